The molecular formula is C21H25BClNO4. The van der Waals surface area contributed by atoms with Gasteiger partial charge in [0.2, 0.25) is 0 Å². The van der Waals surface area contributed by atoms with Crippen molar-refractivity contribution in [3.63, 3.8) is 0 Å². The van der Waals surface area contributed by atoms with Gasteiger partial charge in [-0.1, -0.05) is 42.3 Å². The number of carbonyl (C=O) groups is 1. The molecule has 2 atom stereocenters. The van der Waals surface area contributed by atoms with Crippen LogP contribution in [-0.4, -0.2) is 28.2 Å². The van der Waals surface area contributed by atoms with Crippen LogP contribution in [0.15, 0.2) is 36.4 Å². The van der Waals surface area contributed by atoms with Crippen molar-refractivity contribution in [3.8, 4) is 11.1 Å². The zero-order valence-corrected chi connectivity index (χ0v) is 16.6. The molecule has 5 nitrogen and oxygen atoms in total. The van der Waals surface area contributed by atoms with Crippen molar-refractivity contribution in [2.24, 2.45) is 11.7 Å². The van der Waals surface area contributed by atoms with Crippen LogP contribution in [0.5, 0.6) is 0 Å². The van der Waals surface area contributed by atoms with E-state index in [0.717, 1.165) is 27.8 Å². The Morgan fingerprint density at radius 3 is 2.54 bits per heavy atom. The first-order valence-corrected chi connectivity index (χ1v) is 9.87. The third-order valence-corrected chi connectivity index (χ3v) is 6.31. The Morgan fingerprint density at radius 1 is 1.29 bits per heavy atom. The van der Waals surface area contributed by atoms with E-state index >= 15 is 0 Å². The van der Waals surface area contributed by atoms with Gasteiger partial charge in [-0.2, -0.15) is 0 Å². The lowest BCUT2D eigenvalue weighted by molar-refractivity contribution is -0.145. The van der Waals surface area contributed by atoms with E-state index in [0.29, 0.717) is 30.8 Å². The highest BCUT2D eigenvalue weighted by Gasteiger charge is 2.49. The molecule has 0 spiro atoms. The molecule has 0 bridgehead atoms. The van der Waals surface area contributed by atoms with Crippen LogP contribution in [0, 0.1) is 5.92 Å². The van der Waals surface area contributed by atoms with Gasteiger partial charge in [0.25, 0.3) is 0 Å². The Balaban J connectivity index is 1.98. The number of nitrogens with two attached hydrogens (primary N) is 1. The first kappa shape index (κ1) is 20.9. The Morgan fingerprint density at radius 2 is 1.96 bits per heavy atom. The van der Waals surface area contributed by atoms with Crippen LogP contribution in [-0.2, 0) is 23.2 Å². The van der Waals surface area contributed by atoms with Gasteiger partial charge in [-0.15, -0.1) is 0 Å². The highest BCUT2D eigenvalue weighted by molar-refractivity contribution is 6.40. The van der Waals surface area contributed by atoms with E-state index < -0.39 is 18.5 Å². The fraction of sp³-hybridized carbons (Fsp3) is 0.381. The van der Waals surface area contributed by atoms with Gasteiger partial charge in [-0.25, -0.2) is 0 Å². The van der Waals surface area contributed by atoms with Crippen LogP contribution in [0.2, 0.25) is 11.3 Å². The van der Waals surface area contributed by atoms with Crippen LogP contribution in [0.25, 0.3) is 11.1 Å². The standard InChI is InChI=1S/C21H25BClNO4/c1-21(20(25)26)16(3-2-8-22(27)28)9-15-10-19(23)17(11-18(15)21)14-6-4-13(12-24)5-7-14/h4-7,10-11,16,27-28H,2-3,8-9,12,24H2,1H3,(H,25,26)/t16-,21-/m0/s1. The predicted octanol–water partition coefficient (Wildman–Crippen LogP) is 3.23. The van der Waals surface area contributed by atoms with Gasteiger partial charge in [0.05, 0.1) is 5.41 Å². The maximum atomic E-state index is 12.3. The summed E-state index contributed by atoms with van der Waals surface area (Å²) in [5.74, 6) is -0.989. The van der Waals surface area contributed by atoms with Crippen LogP contribution >= 0.6 is 11.6 Å². The van der Waals surface area contributed by atoms with E-state index in [4.69, 9.17) is 27.4 Å². The minimum atomic E-state index is -1.36. The van der Waals surface area contributed by atoms with Gasteiger partial charge in [0.1, 0.15) is 0 Å². The van der Waals surface area contributed by atoms with Gasteiger partial charge in [-0.05, 0) is 66.4 Å². The van der Waals surface area contributed by atoms with Gasteiger partial charge < -0.3 is 20.9 Å². The van der Waals surface area contributed by atoms with Crippen molar-refractivity contribution < 1.29 is 19.9 Å². The minimum absolute atomic E-state index is 0.121. The third kappa shape index (κ3) is 3.83. The zero-order valence-electron chi connectivity index (χ0n) is 15.9. The molecular weight excluding hydrogens is 376 g/mol. The quantitative estimate of drug-likeness (QED) is 0.533. The van der Waals surface area contributed by atoms with Crippen molar-refractivity contribution in [2.75, 3.05) is 0 Å². The number of hydrogen-bond acceptors (Lipinski definition) is 4. The van der Waals surface area contributed by atoms with E-state index in [2.05, 4.69) is 0 Å². The molecule has 0 aliphatic heterocycles. The van der Waals surface area contributed by atoms with Crippen molar-refractivity contribution in [2.45, 2.75) is 44.5 Å². The summed E-state index contributed by atoms with van der Waals surface area (Å²) in [7, 11) is -1.36. The van der Waals surface area contributed by atoms with Crippen LogP contribution in [0.4, 0.5) is 0 Å². The molecule has 0 saturated heterocycles. The molecule has 2 aromatic rings. The second kappa shape index (κ2) is 8.25. The van der Waals surface area contributed by atoms with Crippen LogP contribution in [0.3, 0.4) is 0 Å². The summed E-state index contributed by atoms with van der Waals surface area (Å²) >= 11 is 6.54. The molecule has 148 valence electrons. The molecule has 1 aliphatic rings. The number of aliphatic carboxylic acids is 1. The summed E-state index contributed by atoms with van der Waals surface area (Å²) in [6.45, 7) is 2.22. The first-order chi connectivity index (χ1) is 13.3. The molecule has 5 N–H and O–H groups in total. The average molecular weight is 402 g/mol. The molecule has 3 rings (SSSR count). The van der Waals surface area contributed by atoms with E-state index in [9.17, 15) is 9.90 Å². The summed E-state index contributed by atoms with van der Waals surface area (Å²) in [4.78, 5) is 12.3. The number of hydrogen-bond donors (Lipinski definition) is 4. The van der Waals surface area contributed by atoms with Crippen LogP contribution in [0.1, 0.15) is 36.5 Å². The van der Waals surface area contributed by atoms with Gasteiger partial charge in [0, 0.05) is 17.1 Å². The average Bonchev–Trinajstić information content (AvgIpc) is 2.93. The lowest BCUT2D eigenvalue weighted by Crippen LogP contribution is -2.37. The van der Waals surface area contributed by atoms with Gasteiger partial charge in [0.15, 0.2) is 0 Å². The predicted molar refractivity (Wildman–Crippen MR) is 111 cm³/mol. The molecule has 2 aromatic carbocycles. The van der Waals surface area contributed by atoms with Crippen molar-refractivity contribution in [1.29, 1.82) is 0 Å². The molecule has 0 unspecified atom stereocenters. The molecule has 0 saturated carbocycles. The van der Waals surface area contributed by atoms with E-state index in [1.54, 1.807) is 6.92 Å². The monoisotopic (exact) mass is 401 g/mol. The number of halogens is 1. The number of rotatable bonds is 7. The molecule has 0 radical (unpaired) electrons. The highest BCUT2D eigenvalue weighted by Crippen LogP contribution is 2.48. The largest absolute Gasteiger partial charge is 0.481 e. The zero-order chi connectivity index (χ0) is 20.5. The Hall–Kier alpha value is -1.86. The summed E-state index contributed by atoms with van der Waals surface area (Å²) in [6, 6.07) is 11.6. The second-order valence-corrected chi connectivity index (χ2v) is 8.12. The molecule has 7 heteroatoms. The Bertz CT molecular complexity index is 871. The third-order valence-electron chi connectivity index (χ3n) is 6.00. The number of carboxylic acid groups (broad SMARTS) is 1. The normalized spacial score (nSPS) is 20.8. The highest BCUT2D eigenvalue weighted by atomic mass is 35.5. The number of carboxylic acids is 1. The maximum absolute atomic E-state index is 12.3. The first-order valence-electron chi connectivity index (χ1n) is 9.49. The molecule has 0 fully saturated rings. The smallest absolute Gasteiger partial charge is 0.451 e. The molecule has 0 heterocycles. The summed E-state index contributed by atoms with van der Waals surface area (Å²) in [5, 5.41) is 28.8. The molecule has 28 heavy (non-hydrogen) atoms. The van der Waals surface area contributed by atoms with E-state index in [1.165, 1.54) is 0 Å². The van der Waals surface area contributed by atoms with Crippen molar-refractivity contribution in [1.82, 2.24) is 0 Å². The summed E-state index contributed by atoms with van der Waals surface area (Å²) < 4.78 is 0. The Labute approximate surface area is 170 Å². The number of benzene rings is 2. The maximum Gasteiger partial charge on any atom is 0.451 e. The van der Waals surface area contributed by atoms with Crippen molar-refractivity contribution in [3.05, 3.63) is 58.1 Å². The molecule has 1 aliphatic carbocycles. The lowest BCUT2D eigenvalue weighted by Gasteiger charge is -2.28. The minimum Gasteiger partial charge on any atom is -0.481 e. The summed E-state index contributed by atoms with van der Waals surface area (Å²) in [5.41, 5.74) is 9.11. The number of fused-ring (bicyclic) bond motifs is 1. The Kier molecular flexibility index (Phi) is 6.15. The van der Waals surface area contributed by atoms with Gasteiger partial charge >= 0.3 is 13.1 Å². The van der Waals surface area contributed by atoms with Crippen molar-refractivity contribution >= 4 is 24.7 Å². The summed E-state index contributed by atoms with van der Waals surface area (Å²) in [6.07, 6.45) is 2.02. The molecule has 0 amide bonds. The second-order valence-electron chi connectivity index (χ2n) is 7.71. The van der Waals surface area contributed by atoms with Gasteiger partial charge in [-0.3, -0.25) is 4.79 Å². The van der Waals surface area contributed by atoms with E-state index in [-0.39, 0.29) is 12.2 Å². The van der Waals surface area contributed by atoms with E-state index in [1.807, 2.05) is 36.4 Å². The lowest BCUT2D eigenvalue weighted by atomic mass is 9.72. The molecule has 0 aromatic heterocycles. The topological polar surface area (TPSA) is 104 Å². The fourth-order valence-electron chi connectivity index (χ4n) is 4.23. The fourth-order valence-corrected chi connectivity index (χ4v) is 4.52. The van der Waals surface area contributed by atoms with Crippen LogP contribution < -0.4 is 5.73 Å². The SMILES string of the molecule is C[C@@]1(C(=O)O)c2cc(-c3ccc(CN)cc3)c(Cl)cc2C[C@@H]1CCCB(O)O.